The average Bonchev–Trinajstić information content (AvgIpc) is 2.88. The Labute approximate surface area is 194 Å². The van der Waals surface area contributed by atoms with Gasteiger partial charge < -0.3 is 14.7 Å². The van der Waals surface area contributed by atoms with Crippen molar-refractivity contribution in [3.05, 3.63) is 94.5 Å². The highest BCUT2D eigenvalue weighted by Crippen LogP contribution is 2.44. The summed E-state index contributed by atoms with van der Waals surface area (Å²) in [6.45, 7) is 0. The van der Waals surface area contributed by atoms with Crippen LogP contribution in [0.5, 0.6) is 11.5 Å². The lowest BCUT2D eigenvalue weighted by Gasteiger charge is -2.35. The number of aliphatic imine (C=N–C) groups is 1. The molecule has 0 bridgehead atoms. The smallest absolute Gasteiger partial charge is 0.161 e. The summed E-state index contributed by atoms with van der Waals surface area (Å²) in [4.78, 5) is 5.26. The monoisotopic (exact) mass is 440 g/mol. The maximum absolute atomic E-state index is 9.80. The number of fused-ring (bicyclic) bond motifs is 3. The molecule has 2 atom stereocenters. The summed E-state index contributed by atoms with van der Waals surface area (Å²) < 4.78 is 11.3. The molecule has 0 spiro atoms. The van der Waals surface area contributed by atoms with Gasteiger partial charge in [0, 0.05) is 28.2 Å². The first-order valence-corrected chi connectivity index (χ1v) is 11.5. The second kappa shape index (κ2) is 9.10. The molecular weight excluding hydrogens is 412 g/mol. The standard InChI is InChI=1S/C28H28N2O3/c1-32-25-16-22-21-13-6-7-14-24(21)29-28(23(22)17-26(25)33-2)20-12-8-11-19(15-20)27(30-31)18-9-4-3-5-10-18/h3-5,8-12,15-17,21,24,31H,6-7,13-14H2,1-2H3/t21-,24-/m1/s1. The molecule has 1 aliphatic heterocycles. The first-order valence-electron chi connectivity index (χ1n) is 11.5. The zero-order valence-electron chi connectivity index (χ0n) is 19.0. The molecule has 0 aromatic heterocycles. The zero-order valence-corrected chi connectivity index (χ0v) is 19.0. The highest BCUT2D eigenvalue weighted by Gasteiger charge is 2.34. The van der Waals surface area contributed by atoms with Gasteiger partial charge in [-0.2, -0.15) is 0 Å². The second-order valence-corrected chi connectivity index (χ2v) is 8.63. The van der Waals surface area contributed by atoms with Crippen molar-refractivity contribution in [1.82, 2.24) is 0 Å². The van der Waals surface area contributed by atoms with E-state index in [1.165, 1.54) is 18.4 Å². The summed E-state index contributed by atoms with van der Waals surface area (Å²) >= 11 is 0. The van der Waals surface area contributed by atoms with Gasteiger partial charge in [0.2, 0.25) is 0 Å². The van der Waals surface area contributed by atoms with E-state index in [2.05, 4.69) is 29.4 Å². The van der Waals surface area contributed by atoms with Crippen LogP contribution >= 0.6 is 0 Å². The minimum atomic E-state index is 0.267. The van der Waals surface area contributed by atoms with Gasteiger partial charge >= 0.3 is 0 Å². The fourth-order valence-corrected chi connectivity index (χ4v) is 5.19. The average molecular weight is 441 g/mol. The lowest BCUT2D eigenvalue weighted by atomic mass is 9.75. The van der Waals surface area contributed by atoms with E-state index in [1.54, 1.807) is 14.2 Å². The van der Waals surface area contributed by atoms with E-state index in [-0.39, 0.29) is 6.04 Å². The quantitative estimate of drug-likeness (QED) is 0.309. The Hall–Kier alpha value is -3.60. The molecule has 1 N–H and O–H groups in total. The van der Waals surface area contributed by atoms with Crippen LogP contribution in [0.3, 0.4) is 0 Å². The minimum absolute atomic E-state index is 0.267. The Morgan fingerprint density at radius 1 is 0.879 bits per heavy atom. The van der Waals surface area contributed by atoms with Crippen molar-refractivity contribution < 1.29 is 14.7 Å². The second-order valence-electron chi connectivity index (χ2n) is 8.63. The summed E-state index contributed by atoms with van der Waals surface area (Å²) in [5.74, 6) is 1.87. The lowest BCUT2D eigenvalue weighted by molar-refractivity contribution is 0.319. The third kappa shape index (κ3) is 3.88. The van der Waals surface area contributed by atoms with Crippen molar-refractivity contribution >= 4 is 11.4 Å². The number of ether oxygens (including phenoxy) is 2. The number of hydrogen-bond acceptors (Lipinski definition) is 5. The van der Waals surface area contributed by atoms with E-state index in [1.807, 2.05) is 42.5 Å². The summed E-state index contributed by atoms with van der Waals surface area (Å²) in [5, 5.41) is 13.4. The van der Waals surface area contributed by atoms with Gasteiger partial charge in [-0.25, -0.2) is 0 Å². The summed E-state index contributed by atoms with van der Waals surface area (Å²) in [6, 6.07) is 22.3. The van der Waals surface area contributed by atoms with Gasteiger partial charge in [0.15, 0.2) is 11.5 Å². The Bertz CT molecular complexity index is 1220. The van der Waals surface area contributed by atoms with Crippen LogP contribution in [0.25, 0.3) is 0 Å². The van der Waals surface area contributed by atoms with Gasteiger partial charge in [0.1, 0.15) is 5.71 Å². The topological polar surface area (TPSA) is 63.4 Å². The van der Waals surface area contributed by atoms with Crippen LogP contribution in [0.2, 0.25) is 0 Å². The molecule has 3 aromatic carbocycles. The molecule has 1 aliphatic carbocycles. The molecular formula is C28H28N2O3. The SMILES string of the molecule is COc1cc2c(cc1OC)[C@H]1CCCC[C@H]1N=C2c1cccc(C(=NO)c2ccccc2)c1. The maximum atomic E-state index is 9.80. The fourth-order valence-electron chi connectivity index (χ4n) is 5.19. The van der Waals surface area contributed by atoms with Crippen LogP contribution in [0, 0.1) is 0 Å². The van der Waals surface area contributed by atoms with Crippen molar-refractivity contribution in [3.8, 4) is 11.5 Å². The van der Waals surface area contributed by atoms with E-state index < -0.39 is 0 Å². The van der Waals surface area contributed by atoms with E-state index in [4.69, 9.17) is 14.5 Å². The Morgan fingerprint density at radius 2 is 1.61 bits per heavy atom. The Balaban J connectivity index is 1.64. The molecule has 0 unspecified atom stereocenters. The van der Waals surface area contributed by atoms with Crippen LogP contribution in [-0.2, 0) is 0 Å². The molecule has 1 saturated carbocycles. The van der Waals surface area contributed by atoms with Gasteiger partial charge in [-0.15, -0.1) is 0 Å². The molecule has 3 aromatic rings. The van der Waals surface area contributed by atoms with Crippen LogP contribution in [0.15, 0.2) is 76.9 Å². The van der Waals surface area contributed by atoms with Gasteiger partial charge in [0.05, 0.1) is 26.0 Å². The summed E-state index contributed by atoms with van der Waals surface area (Å²) in [6.07, 6.45) is 4.66. The highest BCUT2D eigenvalue weighted by atomic mass is 16.5. The molecule has 2 aliphatic rings. The largest absolute Gasteiger partial charge is 0.493 e. The number of rotatable bonds is 5. The highest BCUT2D eigenvalue weighted by molar-refractivity contribution is 6.18. The van der Waals surface area contributed by atoms with Gasteiger partial charge in [-0.05, 0) is 36.6 Å². The normalized spacial score (nSPS) is 19.8. The lowest BCUT2D eigenvalue weighted by Crippen LogP contribution is -2.29. The van der Waals surface area contributed by atoms with Gasteiger partial charge in [-0.1, -0.05) is 66.5 Å². The van der Waals surface area contributed by atoms with Crippen LogP contribution in [0.4, 0.5) is 0 Å². The van der Waals surface area contributed by atoms with Gasteiger partial charge in [-0.3, -0.25) is 4.99 Å². The zero-order chi connectivity index (χ0) is 22.8. The molecule has 5 rings (SSSR count). The number of oxime groups is 1. The number of methoxy groups -OCH3 is 2. The van der Waals surface area contributed by atoms with E-state index in [0.717, 1.165) is 46.6 Å². The molecule has 1 heterocycles. The van der Waals surface area contributed by atoms with Crippen molar-refractivity contribution in [2.24, 2.45) is 10.1 Å². The molecule has 5 nitrogen and oxygen atoms in total. The maximum Gasteiger partial charge on any atom is 0.161 e. The van der Waals surface area contributed by atoms with E-state index >= 15 is 0 Å². The summed E-state index contributed by atoms with van der Waals surface area (Å²) in [5.41, 5.74) is 6.58. The molecule has 33 heavy (non-hydrogen) atoms. The van der Waals surface area contributed by atoms with Crippen LogP contribution in [0.1, 0.15) is 59.4 Å². The van der Waals surface area contributed by atoms with Crippen LogP contribution in [-0.4, -0.2) is 36.9 Å². The van der Waals surface area contributed by atoms with Crippen molar-refractivity contribution in [1.29, 1.82) is 0 Å². The molecule has 1 fully saturated rings. The molecule has 168 valence electrons. The number of nitrogens with zero attached hydrogens (tertiary/aromatic N) is 2. The van der Waals surface area contributed by atoms with Crippen molar-refractivity contribution in [2.45, 2.75) is 37.6 Å². The third-order valence-corrected chi connectivity index (χ3v) is 6.79. The van der Waals surface area contributed by atoms with E-state index in [9.17, 15) is 5.21 Å². The number of benzene rings is 3. The first kappa shape index (κ1) is 21.3. The molecule has 0 amide bonds. The Kier molecular flexibility index (Phi) is 5.86. The third-order valence-electron chi connectivity index (χ3n) is 6.79. The molecule has 0 radical (unpaired) electrons. The molecule has 0 saturated heterocycles. The first-order chi connectivity index (χ1) is 16.2. The van der Waals surface area contributed by atoms with E-state index in [0.29, 0.717) is 17.4 Å². The fraction of sp³-hybridized carbons (Fsp3) is 0.286. The van der Waals surface area contributed by atoms with Gasteiger partial charge in [0.25, 0.3) is 0 Å². The van der Waals surface area contributed by atoms with Crippen molar-refractivity contribution in [2.75, 3.05) is 14.2 Å². The predicted octanol–water partition coefficient (Wildman–Crippen LogP) is 5.81. The minimum Gasteiger partial charge on any atom is -0.493 e. The summed E-state index contributed by atoms with van der Waals surface area (Å²) in [7, 11) is 3.35. The molecule has 5 heteroatoms. The predicted molar refractivity (Wildman–Crippen MR) is 130 cm³/mol. The Morgan fingerprint density at radius 3 is 2.36 bits per heavy atom. The van der Waals surface area contributed by atoms with Crippen LogP contribution < -0.4 is 9.47 Å². The van der Waals surface area contributed by atoms with Crippen molar-refractivity contribution in [3.63, 3.8) is 0 Å². The number of hydrogen-bond donors (Lipinski definition) is 1.